The molecule has 0 amide bonds. The minimum absolute atomic E-state index is 0.156. The number of ether oxygens (including phenoxy) is 3. The fourth-order valence-electron chi connectivity index (χ4n) is 2.20. The summed E-state index contributed by atoms with van der Waals surface area (Å²) in [6, 6.07) is 0. The summed E-state index contributed by atoms with van der Waals surface area (Å²) in [5, 5.41) is 0. The molecular weight excluding hydrogens is 170 g/mol. The first-order chi connectivity index (χ1) is 5.99. The predicted octanol–water partition coefficient (Wildman–Crippen LogP) is 0.528. The van der Waals surface area contributed by atoms with E-state index in [-0.39, 0.29) is 17.2 Å². The van der Waals surface area contributed by atoms with Crippen LogP contribution in [0.2, 0.25) is 0 Å². The van der Waals surface area contributed by atoms with Gasteiger partial charge in [0, 0.05) is 0 Å². The van der Waals surface area contributed by atoms with Crippen molar-refractivity contribution in [2.24, 2.45) is 0 Å². The summed E-state index contributed by atoms with van der Waals surface area (Å²) in [5.74, 6) is 0. The highest BCUT2D eigenvalue weighted by molar-refractivity contribution is 5.07. The minimum Gasteiger partial charge on any atom is -0.354 e. The number of hydrogen-bond donors (Lipinski definition) is 0. The van der Waals surface area contributed by atoms with Gasteiger partial charge in [0.05, 0.1) is 19.8 Å². The van der Waals surface area contributed by atoms with Crippen LogP contribution < -0.4 is 0 Å². The molecule has 0 spiro atoms. The van der Waals surface area contributed by atoms with E-state index in [0.29, 0.717) is 0 Å². The topological polar surface area (TPSA) is 40.8 Å². The molecule has 3 rings (SSSR count). The number of nitrogens with zero attached hydrogens (tertiary/aromatic N) is 1. The molecule has 0 saturated carbocycles. The fraction of sp³-hybridized carbons (Fsp3) is 1.00. The molecule has 3 aliphatic rings. The molecule has 3 saturated heterocycles. The van der Waals surface area contributed by atoms with Gasteiger partial charge in [-0.05, 0) is 20.8 Å². The molecule has 3 aliphatic heterocycles. The Hall–Kier alpha value is -0.160. The SMILES string of the molecule is CC1(N(C2(C)CO2)C2(C)CO2)CO1. The zero-order valence-corrected chi connectivity index (χ0v) is 8.29. The van der Waals surface area contributed by atoms with Crippen LogP contribution in [0.25, 0.3) is 0 Å². The molecule has 13 heavy (non-hydrogen) atoms. The van der Waals surface area contributed by atoms with Gasteiger partial charge in [-0.15, -0.1) is 0 Å². The highest BCUT2D eigenvalue weighted by atomic mass is 16.7. The summed E-state index contributed by atoms with van der Waals surface area (Å²) in [7, 11) is 0. The fourth-order valence-corrected chi connectivity index (χ4v) is 2.20. The standard InChI is InChI=1S/C9H15NO3/c1-7(4-11-7)10(8(2)5-12-8)9(3)6-13-9/h4-6H2,1-3H3. The van der Waals surface area contributed by atoms with Crippen LogP contribution in [0.1, 0.15) is 20.8 Å². The van der Waals surface area contributed by atoms with Crippen molar-refractivity contribution in [3.05, 3.63) is 0 Å². The summed E-state index contributed by atoms with van der Waals surface area (Å²) in [4.78, 5) is 2.23. The van der Waals surface area contributed by atoms with E-state index in [1.54, 1.807) is 0 Å². The smallest absolute Gasteiger partial charge is 0.147 e. The molecule has 3 unspecified atom stereocenters. The lowest BCUT2D eigenvalue weighted by atomic mass is 10.1. The summed E-state index contributed by atoms with van der Waals surface area (Å²) < 4.78 is 16.4. The first-order valence-corrected chi connectivity index (χ1v) is 4.71. The normalized spacial score (nSPS) is 58.2. The Morgan fingerprint density at radius 1 is 0.769 bits per heavy atom. The van der Waals surface area contributed by atoms with Crippen LogP contribution in [0, 0.1) is 0 Å². The Morgan fingerprint density at radius 3 is 1.15 bits per heavy atom. The molecule has 4 nitrogen and oxygen atoms in total. The average molecular weight is 185 g/mol. The van der Waals surface area contributed by atoms with Gasteiger partial charge < -0.3 is 14.2 Å². The van der Waals surface area contributed by atoms with Gasteiger partial charge in [-0.3, -0.25) is 0 Å². The van der Waals surface area contributed by atoms with Gasteiger partial charge in [0.1, 0.15) is 17.2 Å². The second kappa shape index (κ2) is 1.93. The molecule has 0 radical (unpaired) electrons. The Morgan fingerprint density at radius 2 is 1.00 bits per heavy atom. The zero-order chi connectivity index (χ0) is 9.32. The molecule has 0 aromatic heterocycles. The van der Waals surface area contributed by atoms with E-state index < -0.39 is 0 Å². The average Bonchev–Trinajstić information content (AvgIpc) is 2.87. The molecule has 0 aliphatic carbocycles. The highest BCUT2D eigenvalue weighted by Crippen LogP contribution is 2.51. The van der Waals surface area contributed by atoms with Gasteiger partial charge in [-0.2, -0.15) is 0 Å². The van der Waals surface area contributed by atoms with E-state index in [4.69, 9.17) is 14.2 Å². The molecule has 0 N–H and O–H groups in total. The van der Waals surface area contributed by atoms with E-state index in [0.717, 1.165) is 19.8 Å². The maximum absolute atomic E-state index is 5.46. The molecule has 0 aromatic carbocycles. The van der Waals surface area contributed by atoms with Gasteiger partial charge in [0.25, 0.3) is 0 Å². The van der Waals surface area contributed by atoms with E-state index in [9.17, 15) is 0 Å². The Labute approximate surface area is 77.7 Å². The van der Waals surface area contributed by atoms with Gasteiger partial charge in [-0.25, -0.2) is 4.90 Å². The monoisotopic (exact) mass is 185 g/mol. The van der Waals surface area contributed by atoms with Crippen LogP contribution in [-0.2, 0) is 14.2 Å². The third kappa shape index (κ3) is 1.06. The summed E-state index contributed by atoms with van der Waals surface area (Å²) >= 11 is 0. The Bertz CT molecular complexity index is 211. The predicted molar refractivity (Wildman–Crippen MR) is 44.9 cm³/mol. The van der Waals surface area contributed by atoms with Crippen molar-refractivity contribution in [1.82, 2.24) is 4.90 Å². The maximum atomic E-state index is 5.46. The number of hydrogen-bond acceptors (Lipinski definition) is 4. The third-order valence-corrected chi connectivity index (χ3v) is 3.11. The second-order valence-corrected chi connectivity index (χ2v) is 4.73. The van der Waals surface area contributed by atoms with Crippen LogP contribution in [0.3, 0.4) is 0 Å². The highest BCUT2D eigenvalue weighted by Gasteiger charge is 2.68. The lowest BCUT2D eigenvalue weighted by Crippen LogP contribution is -2.53. The van der Waals surface area contributed by atoms with Crippen LogP contribution in [0.15, 0.2) is 0 Å². The molecule has 74 valence electrons. The molecule has 3 heterocycles. The van der Waals surface area contributed by atoms with Crippen LogP contribution in [-0.4, -0.2) is 41.9 Å². The van der Waals surface area contributed by atoms with Crippen LogP contribution >= 0.6 is 0 Å². The van der Waals surface area contributed by atoms with Crippen molar-refractivity contribution in [3.63, 3.8) is 0 Å². The van der Waals surface area contributed by atoms with Gasteiger partial charge in [0.15, 0.2) is 0 Å². The first kappa shape index (κ1) is 8.17. The van der Waals surface area contributed by atoms with Gasteiger partial charge >= 0.3 is 0 Å². The van der Waals surface area contributed by atoms with Crippen molar-refractivity contribution in [2.75, 3.05) is 19.8 Å². The van der Waals surface area contributed by atoms with Crippen LogP contribution in [0.5, 0.6) is 0 Å². The summed E-state index contributed by atoms with van der Waals surface area (Å²) in [6.45, 7) is 8.62. The molecule has 4 heteroatoms. The maximum Gasteiger partial charge on any atom is 0.147 e. The lowest BCUT2D eigenvalue weighted by Gasteiger charge is -2.33. The van der Waals surface area contributed by atoms with Gasteiger partial charge in [0.2, 0.25) is 0 Å². The molecule has 0 bridgehead atoms. The first-order valence-electron chi connectivity index (χ1n) is 4.71. The van der Waals surface area contributed by atoms with E-state index in [1.807, 2.05) is 0 Å². The van der Waals surface area contributed by atoms with Crippen molar-refractivity contribution >= 4 is 0 Å². The quantitative estimate of drug-likeness (QED) is 0.601. The summed E-state index contributed by atoms with van der Waals surface area (Å²) in [6.07, 6.45) is 0. The number of epoxide rings is 3. The van der Waals surface area contributed by atoms with Crippen molar-refractivity contribution in [3.8, 4) is 0 Å². The molecule has 3 fully saturated rings. The molecular formula is C9H15NO3. The third-order valence-electron chi connectivity index (χ3n) is 3.11. The van der Waals surface area contributed by atoms with Crippen molar-refractivity contribution in [2.45, 2.75) is 37.9 Å². The zero-order valence-electron chi connectivity index (χ0n) is 8.29. The van der Waals surface area contributed by atoms with E-state index in [2.05, 4.69) is 25.7 Å². The lowest BCUT2D eigenvalue weighted by molar-refractivity contribution is -0.0813. The van der Waals surface area contributed by atoms with Gasteiger partial charge in [-0.1, -0.05) is 0 Å². The summed E-state index contributed by atoms with van der Waals surface area (Å²) in [5.41, 5.74) is -0.469. The van der Waals surface area contributed by atoms with Crippen LogP contribution in [0.4, 0.5) is 0 Å². The Balaban J connectivity index is 1.89. The van der Waals surface area contributed by atoms with Crippen molar-refractivity contribution < 1.29 is 14.2 Å². The van der Waals surface area contributed by atoms with E-state index in [1.165, 1.54) is 0 Å². The molecule has 3 atom stereocenters. The van der Waals surface area contributed by atoms with Crippen molar-refractivity contribution in [1.29, 1.82) is 0 Å². The number of rotatable bonds is 3. The minimum atomic E-state index is -0.156. The molecule has 0 aromatic rings. The van der Waals surface area contributed by atoms with E-state index >= 15 is 0 Å². The largest absolute Gasteiger partial charge is 0.354 e. The Kier molecular flexibility index (Phi) is 1.21. The second-order valence-electron chi connectivity index (χ2n) is 4.73.